The van der Waals surface area contributed by atoms with E-state index >= 15 is 0 Å². The van der Waals surface area contributed by atoms with Crippen LogP contribution >= 0.6 is 0 Å². The van der Waals surface area contributed by atoms with E-state index in [1.54, 1.807) is 0 Å². The zero-order valence-corrected chi connectivity index (χ0v) is 20.0. The number of hydrogen-bond donors (Lipinski definition) is 3. The molecule has 0 aliphatic heterocycles. The molecule has 9 nitrogen and oxygen atoms in total. The van der Waals surface area contributed by atoms with Gasteiger partial charge in [-0.1, -0.05) is 48.5 Å². The first-order chi connectivity index (χ1) is 15.9. The van der Waals surface area contributed by atoms with Gasteiger partial charge in [-0.15, -0.1) is 0 Å². The third kappa shape index (κ3) is 5.93. The summed E-state index contributed by atoms with van der Waals surface area (Å²) in [4.78, 5) is 36.6. The van der Waals surface area contributed by atoms with Gasteiger partial charge in [-0.25, -0.2) is 18.0 Å². The minimum atomic E-state index is -3.43. The van der Waals surface area contributed by atoms with Crippen molar-refractivity contribution in [2.24, 2.45) is 0 Å². The lowest BCUT2D eigenvalue weighted by atomic mass is 9.98. The Bertz CT molecular complexity index is 1160. The van der Waals surface area contributed by atoms with Gasteiger partial charge in [-0.3, -0.25) is 4.79 Å². The van der Waals surface area contributed by atoms with E-state index in [2.05, 4.69) is 10.6 Å². The molecular formula is C24H28N2O7S. The van der Waals surface area contributed by atoms with Gasteiger partial charge < -0.3 is 20.5 Å². The molecule has 10 heteroatoms. The SMILES string of the molecule is CC(C)(NC(=O)C(CCS(C)(=O)=O)NC(=O)OCC1c2ccccc2-c2ccccc21)C(=O)O. The van der Waals surface area contributed by atoms with Crippen LogP contribution in [0.4, 0.5) is 4.79 Å². The van der Waals surface area contributed by atoms with E-state index in [1.165, 1.54) is 13.8 Å². The smallest absolute Gasteiger partial charge is 0.407 e. The van der Waals surface area contributed by atoms with Crippen molar-refractivity contribution in [3.63, 3.8) is 0 Å². The number of alkyl carbamates (subject to hydrolysis) is 1. The number of amides is 2. The summed E-state index contributed by atoms with van der Waals surface area (Å²) in [5.41, 5.74) is 2.56. The minimum absolute atomic E-state index is 0.0148. The van der Waals surface area contributed by atoms with Gasteiger partial charge in [0.15, 0.2) is 0 Å². The molecule has 0 aromatic heterocycles. The van der Waals surface area contributed by atoms with Crippen LogP contribution < -0.4 is 10.6 Å². The highest BCUT2D eigenvalue weighted by Crippen LogP contribution is 2.44. The Morgan fingerprint density at radius 1 is 1.03 bits per heavy atom. The maximum absolute atomic E-state index is 12.7. The van der Waals surface area contributed by atoms with Gasteiger partial charge in [0, 0.05) is 12.2 Å². The summed E-state index contributed by atoms with van der Waals surface area (Å²) in [6, 6.07) is 14.4. The number of aliphatic carboxylic acids is 1. The van der Waals surface area contributed by atoms with Crippen LogP contribution in [0.5, 0.6) is 0 Å². The van der Waals surface area contributed by atoms with Gasteiger partial charge in [0.25, 0.3) is 0 Å². The number of carbonyl (C=O) groups is 3. The average molecular weight is 489 g/mol. The first kappa shape index (κ1) is 25.2. The Morgan fingerprint density at radius 3 is 2.06 bits per heavy atom. The van der Waals surface area contributed by atoms with Gasteiger partial charge in [0.2, 0.25) is 5.91 Å². The summed E-state index contributed by atoms with van der Waals surface area (Å²) in [7, 11) is -3.43. The fraction of sp³-hybridized carbons (Fsp3) is 0.375. The van der Waals surface area contributed by atoms with E-state index in [0.717, 1.165) is 28.5 Å². The molecule has 2 amide bonds. The van der Waals surface area contributed by atoms with Crippen LogP contribution in [0, 0.1) is 0 Å². The van der Waals surface area contributed by atoms with E-state index in [4.69, 9.17) is 4.74 Å². The molecule has 34 heavy (non-hydrogen) atoms. The Balaban J connectivity index is 1.71. The Morgan fingerprint density at radius 2 is 1.56 bits per heavy atom. The third-order valence-corrected chi connectivity index (χ3v) is 6.68. The number of carboxylic acids is 1. The zero-order valence-electron chi connectivity index (χ0n) is 19.2. The van der Waals surface area contributed by atoms with Crippen molar-refractivity contribution in [2.75, 3.05) is 18.6 Å². The first-order valence-electron chi connectivity index (χ1n) is 10.7. The van der Waals surface area contributed by atoms with Crippen LogP contribution in [-0.4, -0.2) is 61.7 Å². The highest BCUT2D eigenvalue weighted by molar-refractivity contribution is 7.90. The monoisotopic (exact) mass is 488 g/mol. The number of rotatable bonds is 9. The van der Waals surface area contributed by atoms with Gasteiger partial charge in [-0.2, -0.15) is 0 Å². The summed E-state index contributed by atoms with van der Waals surface area (Å²) in [6.07, 6.45) is -0.121. The van der Waals surface area contributed by atoms with Crippen LogP contribution in [0.25, 0.3) is 11.1 Å². The Labute approximate surface area is 198 Å². The standard InChI is InChI=1S/C24H28N2O7S/c1-24(2,22(28)29)26-21(27)20(12-13-34(3,31)32)25-23(30)33-14-19-17-10-6-4-8-15(17)16-9-5-7-11-18(16)19/h4-11,19-20H,12-14H2,1-3H3,(H,25,30)(H,26,27)(H,28,29). The van der Waals surface area contributed by atoms with E-state index < -0.39 is 39.4 Å². The lowest BCUT2D eigenvalue weighted by Gasteiger charge is -2.25. The lowest BCUT2D eigenvalue weighted by Crippen LogP contribution is -2.56. The predicted octanol–water partition coefficient (Wildman–Crippen LogP) is 2.31. The second-order valence-electron chi connectivity index (χ2n) is 8.86. The number of benzene rings is 2. The zero-order chi connectivity index (χ0) is 25.1. The van der Waals surface area contributed by atoms with Gasteiger partial charge in [0.05, 0.1) is 5.75 Å². The summed E-state index contributed by atoms with van der Waals surface area (Å²) in [6.45, 7) is 2.59. The van der Waals surface area contributed by atoms with Crippen LogP contribution in [0.15, 0.2) is 48.5 Å². The van der Waals surface area contributed by atoms with Crippen molar-refractivity contribution in [1.82, 2.24) is 10.6 Å². The molecule has 0 heterocycles. The van der Waals surface area contributed by atoms with Crippen molar-refractivity contribution in [3.05, 3.63) is 59.7 Å². The van der Waals surface area contributed by atoms with Crippen molar-refractivity contribution in [3.8, 4) is 11.1 Å². The number of sulfone groups is 1. The van der Waals surface area contributed by atoms with Crippen LogP contribution in [-0.2, 0) is 24.2 Å². The minimum Gasteiger partial charge on any atom is -0.480 e. The Kier molecular flexibility index (Phi) is 7.30. The fourth-order valence-electron chi connectivity index (χ4n) is 3.83. The van der Waals surface area contributed by atoms with Crippen LogP contribution in [0.2, 0.25) is 0 Å². The molecule has 182 valence electrons. The average Bonchev–Trinajstić information content (AvgIpc) is 3.08. The second kappa shape index (κ2) is 9.84. The fourth-order valence-corrected chi connectivity index (χ4v) is 4.50. The van der Waals surface area contributed by atoms with Gasteiger partial charge >= 0.3 is 12.1 Å². The summed E-state index contributed by atoms with van der Waals surface area (Å²) >= 11 is 0. The molecular weight excluding hydrogens is 460 g/mol. The predicted molar refractivity (Wildman–Crippen MR) is 126 cm³/mol. The molecule has 3 rings (SSSR count). The van der Waals surface area contributed by atoms with E-state index in [9.17, 15) is 27.9 Å². The highest BCUT2D eigenvalue weighted by atomic mass is 32.2. The van der Waals surface area contributed by atoms with Crippen LogP contribution in [0.3, 0.4) is 0 Å². The van der Waals surface area contributed by atoms with E-state index in [1.807, 2.05) is 48.5 Å². The Hall–Kier alpha value is -3.40. The molecule has 2 aromatic rings. The molecule has 0 spiro atoms. The number of carbonyl (C=O) groups excluding carboxylic acids is 2. The highest BCUT2D eigenvalue weighted by Gasteiger charge is 2.34. The van der Waals surface area contributed by atoms with Crippen molar-refractivity contribution in [2.45, 2.75) is 37.8 Å². The van der Waals surface area contributed by atoms with Crippen molar-refractivity contribution < 1.29 is 32.6 Å². The largest absolute Gasteiger partial charge is 0.480 e. The van der Waals surface area contributed by atoms with Gasteiger partial charge in [-0.05, 0) is 42.5 Å². The maximum atomic E-state index is 12.7. The topological polar surface area (TPSA) is 139 Å². The summed E-state index contributed by atoms with van der Waals surface area (Å²) < 4.78 is 28.6. The molecule has 2 aromatic carbocycles. The second-order valence-corrected chi connectivity index (χ2v) is 11.1. The van der Waals surface area contributed by atoms with Gasteiger partial charge in [0.1, 0.15) is 28.0 Å². The molecule has 0 bridgehead atoms. The summed E-state index contributed by atoms with van der Waals surface area (Å²) in [5, 5.41) is 14.0. The van der Waals surface area contributed by atoms with Crippen LogP contribution in [0.1, 0.15) is 37.3 Å². The number of fused-ring (bicyclic) bond motifs is 3. The number of ether oxygens (including phenoxy) is 1. The number of carboxylic acid groups (broad SMARTS) is 1. The van der Waals surface area contributed by atoms with Crippen molar-refractivity contribution >= 4 is 27.8 Å². The molecule has 3 N–H and O–H groups in total. The summed E-state index contributed by atoms with van der Waals surface area (Å²) in [5.74, 6) is -2.65. The van der Waals surface area contributed by atoms with E-state index in [-0.39, 0.29) is 24.7 Å². The molecule has 1 unspecified atom stereocenters. The molecule has 0 saturated heterocycles. The molecule has 0 radical (unpaired) electrons. The van der Waals surface area contributed by atoms with E-state index in [0.29, 0.717) is 0 Å². The first-order valence-corrected chi connectivity index (χ1v) is 12.8. The molecule has 1 atom stereocenters. The lowest BCUT2D eigenvalue weighted by molar-refractivity contribution is -0.146. The molecule has 1 aliphatic carbocycles. The number of nitrogens with one attached hydrogen (secondary N) is 2. The molecule has 0 fully saturated rings. The third-order valence-electron chi connectivity index (χ3n) is 5.70. The normalized spacial score (nSPS) is 14.0. The molecule has 0 saturated carbocycles. The molecule has 1 aliphatic rings. The quantitative estimate of drug-likeness (QED) is 0.492. The number of hydrogen-bond acceptors (Lipinski definition) is 6. The maximum Gasteiger partial charge on any atom is 0.407 e. The van der Waals surface area contributed by atoms with Crippen molar-refractivity contribution in [1.29, 1.82) is 0 Å².